The molecule has 0 bridgehead atoms. The van der Waals surface area contributed by atoms with Gasteiger partial charge in [0.2, 0.25) is 10.0 Å². The summed E-state index contributed by atoms with van der Waals surface area (Å²) in [6.45, 7) is 4.41. The predicted octanol–water partition coefficient (Wildman–Crippen LogP) is 3.59. The molecular formula is C19H21N3O4S2. The minimum atomic E-state index is -3.55. The van der Waals surface area contributed by atoms with Gasteiger partial charge in [-0.05, 0) is 30.3 Å². The van der Waals surface area contributed by atoms with Crippen molar-refractivity contribution in [3.8, 4) is 5.75 Å². The largest absolute Gasteiger partial charge is 0.496 e. The molecule has 0 aliphatic heterocycles. The number of para-hydroxylation sites is 1. The average molecular weight is 420 g/mol. The second-order valence-corrected chi connectivity index (χ2v) is 8.86. The molecule has 0 aliphatic rings. The van der Waals surface area contributed by atoms with Crippen molar-refractivity contribution < 1.29 is 17.9 Å². The summed E-state index contributed by atoms with van der Waals surface area (Å²) in [7, 11) is -2.05. The van der Waals surface area contributed by atoms with Crippen molar-refractivity contribution in [2.75, 3.05) is 25.5 Å². The van der Waals surface area contributed by atoms with Crippen LogP contribution in [-0.2, 0) is 10.0 Å². The van der Waals surface area contributed by atoms with E-state index in [1.54, 1.807) is 56.3 Å². The maximum atomic E-state index is 12.7. The fourth-order valence-electron chi connectivity index (χ4n) is 2.83. The number of hydrogen-bond acceptors (Lipinski definition) is 6. The van der Waals surface area contributed by atoms with Crippen LogP contribution in [0.5, 0.6) is 5.75 Å². The Balaban J connectivity index is 1.90. The third kappa shape index (κ3) is 3.87. The molecule has 1 amide bonds. The van der Waals surface area contributed by atoms with E-state index in [0.29, 0.717) is 39.8 Å². The lowest BCUT2D eigenvalue weighted by Gasteiger charge is -2.18. The molecule has 28 heavy (non-hydrogen) atoms. The molecule has 3 aromatic rings. The van der Waals surface area contributed by atoms with Crippen molar-refractivity contribution in [2.45, 2.75) is 18.7 Å². The molecule has 0 aliphatic carbocycles. The van der Waals surface area contributed by atoms with E-state index in [4.69, 9.17) is 4.74 Å². The second-order valence-electron chi connectivity index (χ2n) is 5.89. The van der Waals surface area contributed by atoms with Crippen molar-refractivity contribution in [2.24, 2.45) is 0 Å². The topological polar surface area (TPSA) is 88.6 Å². The number of amides is 1. The zero-order chi connectivity index (χ0) is 20.3. The summed E-state index contributed by atoms with van der Waals surface area (Å²) in [5, 5.41) is 3.15. The van der Waals surface area contributed by atoms with Crippen molar-refractivity contribution in [3.05, 3.63) is 48.0 Å². The molecule has 1 aromatic heterocycles. The Morgan fingerprint density at radius 2 is 1.89 bits per heavy atom. The SMILES string of the molecule is CCN(CC)S(=O)(=O)c1ccc2nc(NC(=O)c3ccccc3OC)sc2c1. The van der Waals surface area contributed by atoms with Crippen LogP contribution in [0.1, 0.15) is 24.2 Å². The third-order valence-corrected chi connectivity index (χ3v) is 7.25. The van der Waals surface area contributed by atoms with Crippen LogP contribution in [0.4, 0.5) is 5.13 Å². The highest BCUT2D eigenvalue weighted by Gasteiger charge is 2.22. The first-order valence-corrected chi connectivity index (χ1v) is 11.0. The molecule has 148 valence electrons. The maximum Gasteiger partial charge on any atom is 0.261 e. The first-order chi connectivity index (χ1) is 13.4. The highest BCUT2D eigenvalue weighted by Crippen LogP contribution is 2.30. The summed E-state index contributed by atoms with van der Waals surface area (Å²) in [4.78, 5) is 17.1. The maximum absolute atomic E-state index is 12.7. The Labute approximate surface area is 168 Å². The van der Waals surface area contributed by atoms with Gasteiger partial charge in [0, 0.05) is 13.1 Å². The molecular weight excluding hydrogens is 398 g/mol. The second kappa shape index (κ2) is 8.26. The molecule has 1 N–H and O–H groups in total. The number of nitrogens with zero attached hydrogens (tertiary/aromatic N) is 2. The molecule has 3 rings (SSSR count). The quantitative estimate of drug-likeness (QED) is 0.632. The van der Waals surface area contributed by atoms with Crippen molar-refractivity contribution >= 4 is 42.6 Å². The molecule has 0 spiro atoms. The van der Waals surface area contributed by atoms with Gasteiger partial charge in [-0.3, -0.25) is 10.1 Å². The molecule has 0 saturated carbocycles. The fraction of sp³-hybridized carbons (Fsp3) is 0.263. The number of rotatable bonds is 7. The summed E-state index contributed by atoms with van der Waals surface area (Å²) >= 11 is 1.22. The van der Waals surface area contributed by atoms with Crippen molar-refractivity contribution in [3.63, 3.8) is 0 Å². The van der Waals surface area contributed by atoms with E-state index in [-0.39, 0.29) is 10.8 Å². The Morgan fingerprint density at radius 1 is 1.18 bits per heavy atom. The molecule has 2 aromatic carbocycles. The normalized spacial score (nSPS) is 11.7. The van der Waals surface area contributed by atoms with Crippen molar-refractivity contribution in [1.29, 1.82) is 0 Å². The lowest BCUT2D eigenvalue weighted by atomic mass is 10.2. The Kier molecular flexibility index (Phi) is 5.97. The zero-order valence-corrected chi connectivity index (χ0v) is 17.4. The van der Waals surface area contributed by atoms with Gasteiger partial charge in [-0.2, -0.15) is 4.31 Å². The summed E-state index contributed by atoms with van der Waals surface area (Å²) in [6.07, 6.45) is 0. The Hall–Kier alpha value is -2.49. The van der Waals surface area contributed by atoms with Gasteiger partial charge in [0.1, 0.15) is 5.75 Å². The molecule has 0 radical (unpaired) electrons. The highest BCUT2D eigenvalue weighted by atomic mass is 32.2. The molecule has 7 nitrogen and oxygen atoms in total. The monoisotopic (exact) mass is 419 g/mol. The number of carbonyl (C=O) groups is 1. The Bertz CT molecular complexity index is 1110. The van der Waals surface area contributed by atoms with Gasteiger partial charge in [0.05, 0.1) is 27.8 Å². The van der Waals surface area contributed by atoms with Crippen LogP contribution in [-0.4, -0.2) is 43.8 Å². The van der Waals surface area contributed by atoms with E-state index in [9.17, 15) is 13.2 Å². The van der Waals surface area contributed by atoms with Crippen LogP contribution in [0, 0.1) is 0 Å². The van der Waals surface area contributed by atoms with E-state index in [2.05, 4.69) is 10.3 Å². The number of carbonyl (C=O) groups excluding carboxylic acids is 1. The lowest BCUT2D eigenvalue weighted by Crippen LogP contribution is -2.30. The van der Waals surface area contributed by atoms with Crippen LogP contribution >= 0.6 is 11.3 Å². The summed E-state index contributed by atoms with van der Waals surface area (Å²) in [6, 6.07) is 11.7. The fourth-order valence-corrected chi connectivity index (χ4v) is 5.29. The minimum absolute atomic E-state index is 0.218. The number of thiazole rings is 1. The van der Waals surface area contributed by atoms with E-state index in [0.717, 1.165) is 0 Å². The number of fused-ring (bicyclic) bond motifs is 1. The summed E-state index contributed by atoms with van der Waals surface area (Å²) in [5.41, 5.74) is 1.02. The molecule has 0 unspecified atom stereocenters. The van der Waals surface area contributed by atoms with Crippen LogP contribution in [0.3, 0.4) is 0 Å². The number of nitrogens with one attached hydrogen (secondary N) is 1. The van der Waals surface area contributed by atoms with Crippen LogP contribution in [0.2, 0.25) is 0 Å². The number of benzene rings is 2. The molecule has 0 saturated heterocycles. The summed E-state index contributed by atoms with van der Waals surface area (Å²) < 4.78 is 32.7. The van der Waals surface area contributed by atoms with E-state index < -0.39 is 10.0 Å². The van der Waals surface area contributed by atoms with Gasteiger partial charge >= 0.3 is 0 Å². The number of ether oxygens (including phenoxy) is 1. The number of aromatic nitrogens is 1. The minimum Gasteiger partial charge on any atom is -0.496 e. The number of anilines is 1. The van der Waals surface area contributed by atoms with Gasteiger partial charge in [-0.1, -0.05) is 37.3 Å². The number of sulfonamides is 1. The average Bonchev–Trinajstić information content (AvgIpc) is 3.10. The highest BCUT2D eigenvalue weighted by molar-refractivity contribution is 7.89. The standard InChI is InChI=1S/C19H21N3O4S2/c1-4-22(5-2)28(24,25)13-10-11-15-17(12-13)27-19(20-15)21-18(23)14-8-6-7-9-16(14)26-3/h6-12H,4-5H2,1-3H3,(H,20,21,23). The van der Waals surface area contributed by atoms with E-state index >= 15 is 0 Å². The lowest BCUT2D eigenvalue weighted by molar-refractivity contribution is 0.102. The zero-order valence-electron chi connectivity index (χ0n) is 15.8. The number of methoxy groups -OCH3 is 1. The van der Waals surface area contributed by atoms with E-state index in [1.807, 2.05) is 0 Å². The van der Waals surface area contributed by atoms with Gasteiger partial charge in [-0.25, -0.2) is 13.4 Å². The third-order valence-electron chi connectivity index (χ3n) is 4.28. The number of hydrogen-bond donors (Lipinski definition) is 1. The Morgan fingerprint density at radius 3 is 2.57 bits per heavy atom. The van der Waals surface area contributed by atoms with Gasteiger partial charge in [-0.15, -0.1) is 0 Å². The molecule has 0 fully saturated rings. The predicted molar refractivity (Wildman–Crippen MR) is 111 cm³/mol. The van der Waals surface area contributed by atoms with Crippen LogP contribution in [0.25, 0.3) is 10.2 Å². The van der Waals surface area contributed by atoms with Crippen LogP contribution < -0.4 is 10.1 Å². The first kappa shape index (κ1) is 20.2. The smallest absolute Gasteiger partial charge is 0.261 e. The van der Waals surface area contributed by atoms with Crippen molar-refractivity contribution in [1.82, 2.24) is 9.29 Å². The first-order valence-electron chi connectivity index (χ1n) is 8.75. The van der Waals surface area contributed by atoms with E-state index in [1.165, 1.54) is 22.8 Å². The van der Waals surface area contributed by atoms with Gasteiger partial charge in [0.15, 0.2) is 5.13 Å². The molecule has 9 heteroatoms. The van der Waals surface area contributed by atoms with Gasteiger partial charge < -0.3 is 4.74 Å². The molecule has 1 heterocycles. The van der Waals surface area contributed by atoms with Crippen LogP contribution in [0.15, 0.2) is 47.4 Å². The van der Waals surface area contributed by atoms with Gasteiger partial charge in [0.25, 0.3) is 5.91 Å². The molecule has 0 atom stereocenters. The summed E-state index contributed by atoms with van der Waals surface area (Å²) in [5.74, 6) is 0.126.